The molecule has 0 spiro atoms. The molecule has 5 rings (SSSR count). The number of hydrogen-bond acceptors (Lipinski definition) is 2. The van der Waals surface area contributed by atoms with Gasteiger partial charge >= 0.3 is 0 Å². The molecule has 1 aliphatic rings. The van der Waals surface area contributed by atoms with Crippen molar-refractivity contribution in [3.8, 4) is 0 Å². The molecule has 0 bridgehead atoms. The van der Waals surface area contributed by atoms with E-state index in [0.717, 1.165) is 22.3 Å². The van der Waals surface area contributed by atoms with Gasteiger partial charge in [-0.15, -0.1) is 0 Å². The number of hydrogen-bond donors (Lipinski definition) is 1. The van der Waals surface area contributed by atoms with Crippen molar-refractivity contribution >= 4 is 22.9 Å². The highest BCUT2D eigenvalue weighted by atomic mass is 16.1. The van der Waals surface area contributed by atoms with Gasteiger partial charge < -0.3 is 9.55 Å². The van der Waals surface area contributed by atoms with Gasteiger partial charge in [-0.05, 0) is 29.7 Å². The van der Waals surface area contributed by atoms with Gasteiger partial charge in [0, 0.05) is 29.2 Å². The van der Waals surface area contributed by atoms with Crippen LogP contribution in [0.1, 0.15) is 33.8 Å². The van der Waals surface area contributed by atoms with Gasteiger partial charge in [0.1, 0.15) is 12.1 Å². The zero-order chi connectivity index (χ0) is 17.5. The lowest BCUT2D eigenvalue weighted by Crippen LogP contribution is -2.29. The quantitative estimate of drug-likeness (QED) is 0.546. The number of nitrogens with one attached hydrogen (secondary N) is 1. The second-order valence-corrected chi connectivity index (χ2v) is 6.55. The first-order valence-electron chi connectivity index (χ1n) is 8.68. The monoisotopic (exact) mass is 339 g/mol. The average Bonchev–Trinajstić information content (AvgIpc) is 3.33. The van der Waals surface area contributed by atoms with E-state index in [1.54, 1.807) is 0 Å². The van der Waals surface area contributed by atoms with Crippen LogP contribution in [-0.4, -0.2) is 21.5 Å². The number of carbonyl (C=O) groups excluding carboxylic acids is 1. The van der Waals surface area contributed by atoms with E-state index in [1.165, 1.54) is 0 Å². The Morgan fingerprint density at radius 2 is 1.77 bits per heavy atom. The Balaban J connectivity index is 1.64. The fourth-order valence-corrected chi connectivity index (χ4v) is 3.71. The topological polar surface area (TPSA) is 50.1 Å². The van der Waals surface area contributed by atoms with Crippen LogP contribution in [-0.2, 0) is 0 Å². The third kappa shape index (κ3) is 2.30. The zero-order valence-corrected chi connectivity index (χ0v) is 14.0. The lowest BCUT2D eigenvalue weighted by molar-refractivity contribution is 0.0904. The summed E-state index contributed by atoms with van der Waals surface area (Å²) >= 11 is 0. The predicted molar refractivity (Wildman–Crippen MR) is 103 cm³/mol. The number of ketones is 1. The van der Waals surface area contributed by atoms with Gasteiger partial charge in [0.2, 0.25) is 0 Å². The molecule has 0 saturated carbocycles. The van der Waals surface area contributed by atoms with Crippen molar-refractivity contribution in [3.63, 3.8) is 0 Å². The Hall–Kier alpha value is -3.40. The first-order chi connectivity index (χ1) is 12.8. The van der Waals surface area contributed by atoms with E-state index in [4.69, 9.17) is 4.99 Å². The molecule has 0 unspecified atom stereocenters. The van der Waals surface area contributed by atoms with Gasteiger partial charge in [-0.3, -0.25) is 9.79 Å². The number of nitrogens with zero attached hydrogens (tertiary/aromatic N) is 2. The molecular weight excluding hydrogens is 322 g/mol. The van der Waals surface area contributed by atoms with Gasteiger partial charge in [0.25, 0.3) is 0 Å². The molecule has 1 N–H and O–H groups in total. The van der Waals surface area contributed by atoms with Crippen molar-refractivity contribution in [1.29, 1.82) is 0 Å². The van der Waals surface area contributed by atoms with E-state index in [2.05, 4.69) is 17.1 Å². The van der Waals surface area contributed by atoms with Gasteiger partial charge in [-0.1, -0.05) is 48.5 Å². The number of benzene rings is 2. The van der Waals surface area contributed by atoms with Gasteiger partial charge in [0.05, 0.1) is 5.69 Å². The van der Waals surface area contributed by atoms with Crippen LogP contribution < -0.4 is 0 Å². The summed E-state index contributed by atoms with van der Waals surface area (Å²) in [6.45, 7) is 0. The molecule has 0 aliphatic carbocycles. The number of carbonyl (C=O) groups is 1. The predicted octanol–water partition coefficient (Wildman–Crippen LogP) is 4.57. The normalized spacial score (nSPS) is 18.8. The molecule has 4 aromatic rings. The van der Waals surface area contributed by atoms with Crippen molar-refractivity contribution in [2.45, 2.75) is 12.1 Å². The van der Waals surface area contributed by atoms with Gasteiger partial charge in [-0.2, -0.15) is 0 Å². The smallest absolute Gasteiger partial charge is 0.188 e. The SMILES string of the molecule is O=C(c1ccccc1)[C@@H]1[C@H](c2cc3ccccc3[nH]2)N=Cc2cccn21. The first-order valence-corrected chi connectivity index (χ1v) is 8.68. The maximum Gasteiger partial charge on any atom is 0.188 e. The van der Waals surface area contributed by atoms with E-state index >= 15 is 0 Å². The Bertz CT molecular complexity index is 1090. The fourth-order valence-electron chi connectivity index (χ4n) is 3.71. The molecule has 26 heavy (non-hydrogen) atoms. The van der Waals surface area contributed by atoms with Crippen LogP contribution in [0.15, 0.2) is 84.0 Å². The molecule has 2 aromatic carbocycles. The van der Waals surface area contributed by atoms with Crippen LogP contribution in [0.4, 0.5) is 0 Å². The molecule has 3 heterocycles. The van der Waals surface area contributed by atoms with Crippen LogP contribution >= 0.6 is 0 Å². The molecule has 1 aliphatic heterocycles. The minimum atomic E-state index is -0.402. The van der Waals surface area contributed by atoms with E-state index in [0.29, 0.717) is 5.56 Å². The van der Waals surface area contributed by atoms with Crippen molar-refractivity contribution in [2.24, 2.45) is 4.99 Å². The molecule has 2 aromatic heterocycles. The largest absolute Gasteiger partial charge is 0.357 e. The minimum absolute atomic E-state index is 0.0727. The summed E-state index contributed by atoms with van der Waals surface area (Å²) in [6.07, 6.45) is 3.81. The van der Waals surface area contributed by atoms with E-state index < -0.39 is 6.04 Å². The summed E-state index contributed by atoms with van der Waals surface area (Å²) in [6, 6.07) is 22.9. The number of para-hydroxylation sites is 1. The Morgan fingerprint density at radius 1 is 0.962 bits per heavy atom. The van der Waals surface area contributed by atoms with Crippen LogP contribution in [0, 0.1) is 0 Å². The maximum atomic E-state index is 13.4. The van der Waals surface area contributed by atoms with E-state index in [1.807, 2.05) is 77.6 Å². The number of aliphatic imine (C=N–C) groups is 1. The highest BCUT2D eigenvalue weighted by Gasteiger charge is 2.35. The maximum absolute atomic E-state index is 13.4. The molecule has 4 nitrogen and oxygen atoms in total. The minimum Gasteiger partial charge on any atom is -0.357 e. The lowest BCUT2D eigenvalue weighted by Gasteiger charge is -2.28. The standard InChI is InChI=1S/C22H17N3O/c26-22(15-7-2-1-3-8-15)21-20(23-14-17-10-6-12-25(17)21)19-13-16-9-4-5-11-18(16)24-19/h1-14,20-21,24H/t20-,21-/m0/s1. The number of aromatic amines is 1. The summed E-state index contributed by atoms with van der Waals surface area (Å²) in [5.41, 5.74) is 3.67. The van der Waals surface area contributed by atoms with Crippen molar-refractivity contribution in [2.75, 3.05) is 0 Å². The van der Waals surface area contributed by atoms with Crippen molar-refractivity contribution < 1.29 is 4.79 Å². The molecule has 126 valence electrons. The molecule has 0 fully saturated rings. The molecule has 0 saturated heterocycles. The number of Topliss-reactive ketones (excluding diaryl/α,β-unsaturated/α-hetero) is 1. The molecule has 4 heteroatoms. The van der Waals surface area contributed by atoms with Crippen molar-refractivity contribution in [1.82, 2.24) is 9.55 Å². The summed E-state index contributed by atoms with van der Waals surface area (Å²) < 4.78 is 2.03. The van der Waals surface area contributed by atoms with Crippen LogP contribution in [0.3, 0.4) is 0 Å². The number of rotatable bonds is 3. The number of aromatic nitrogens is 2. The zero-order valence-electron chi connectivity index (χ0n) is 14.0. The molecule has 0 amide bonds. The first kappa shape index (κ1) is 14.9. The molecule has 0 radical (unpaired) electrons. The summed E-state index contributed by atoms with van der Waals surface area (Å²) in [5, 5.41) is 1.13. The second-order valence-electron chi connectivity index (χ2n) is 6.55. The highest BCUT2D eigenvalue weighted by molar-refractivity contribution is 6.01. The van der Waals surface area contributed by atoms with Crippen LogP contribution in [0.25, 0.3) is 10.9 Å². The third-order valence-corrected chi connectivity index (χ3v) is 4.97. The second kappa shape index (κ2) is 5.85. The summed E-state index contributed by atoms with van der Waals surface area (Å²) in [5.74, 6) is 0.0727. The van der Waals surface area contributed by atoms with Gasteiger partial charge in [-0.25, -0.2) is 0 Å². The lowest BCUT2D eigenvalue weighted by atomic mass is 9.94. The summed E-state index contributed by atoms with van der Waals surface area (Å²) in [4.78, 5) is 21.5. The fraction of sp³-hybridized carbons (Fsp3) is 0.0909. The molecular formula is C22H17N3O. The molecule has 2 atom stereocenters. The van der Waals surface area contributed by atoms with Gasteiger partial charge in [0.15, 0.2) is 5.78 Å². The summed E-state index contributed by atoms with van der Waals surface area (Å²) in [7, 11) is 0. The Kier molecular flexibility index (Phi) is 3.35. The Labute approximate surface area is 150 Å². The average molecular weight is 339 g/mol. The Morgan fingerprint density at radius 3 is 2.62 bits per heavy atom. The number of fused-ring (bicyclic) bond motifs is 2. The van der Waals surface area contributed by atoms with E-state index in [9.17, 15) is 4.79 Å². The van der Waals surface area contributed by atoms with Crippen LogP contribution in [0.5, 0.6) is 0 Å². The highest BCUT2D eigenvalue weighted by Crippen LogP contribution is 2.37. The number of H-pyrrole nitrogens is 1. The van der Waals surface area contributed by atoms with Crippen molar-refractivity contribution in [3.05, 3.63) is 95.9 Å². The van der Waals surface area contributed by atoms with E-state index in [-0.39, 0.29) is 11.8 Å². The third-order valence-electron chi connectivity index (χ3n) is 4.97. The van der Waals surface area contributed by atoms with Crippen LogP contribution in [0.2, 0.25) is 0 Å².